The Morgan fingerprint density at radius 2 is 2.13 bits per heavy atom. The van der Waals surface area contributed by atoms with E-state index in [9.17, 15) is 4.79 Å². The maximum absolute atomic E-state index is 11.8. The summed E-state index contributed by atoms with van der Waals surface area (Å²) in [5.74, 6) is -0.00882. The van der Waals surface area contributed by atoms with E-state index in [0.29, 0.717) is 6.54 Å². The Morgan fingerprint density at radius 3 is 2.60 bits per heavy atom. The molecular weight excluding hydrogens is 192 g/mol. The fourth-order valence-electron chi connectivity index (χ4n) is 2.20. The summed E-state index contributed by atoms with van der Waals surface area (Å²) in [6, 6.07) is 0. The first kappa shape index (κ1) is 10.9. The maximum Gasteiger partial charge on any atom is 0.240 e. The SMILES string of the molecule is CC1(CNC(=O)C2(N)CCC2)CCCO1. The van der Waals surface area contributed by atoms with E-state index < -0.39 is 5.54 Å². The number of amides is 1. The van der Waals surface area contributed by atoms with Gasteiger partial charge in [-0.2, -0.15) is 0 Å². The van der Waals surface area contributed by atoms with Gasteiger partial charge < -0.3 is 15.8 Å². The molecule has 1 atom stereocenters. The molecule has 15 heavy (non-hydrogen) atoms. The van der Waals surface area contributed by atoms with Gasteiger partial charge in [-0.1, -0.05) is 0 Å². The molecule has 4 heteroatoms. The van der Waals surface area contributed by atoms with Gasteiger partial charge in [0.1, 0.15) is 0 Å². The molecule has 1 amide bonds. The van der Waals surface area contributed by atoms with E-state index in [1.807, 2.05) is 6.92 Å². The topological polar surface area (TPSA) is 64.4 Å². The van der Waals surface area contributed by atoms with Crippen molar-refractivity contribution in [3.8, 4) is 0 Å². The van der Waals surface area contributed by atoms with Gasteiger partial charge in [0.15, 0.2) is 0 Å². The average molecular weight is 212 g/mol. The molecule has 0 bridgehead atoms. The van der Waals surface area contributed by atoms with Crippen LogP contribution in [0.3, 0.4) is 0 Å². The number of ether oxygens (including phenoxy) is 1. The zero-order chi connectivity index (χ0) is 10.9. The minimum Gasteiger partial charge on any atom is -0.373 e. The van der Waals surface area contributed by atoms with Crippen LogP contribution in [0.4, 0.5) is 0 Å². The van der Waals surface area contributed by atoms with Crippen LogP contribution in [0.15, 0.2) is 0 Å². The summed E-state index contributed by atoms with van der Waals surface area (Å²) in [5, 5.41) is 2.92. The highest BCUT2D eigenvalue weighted by molar-refractivity contribution is 5.87. The zero-order valence-corrected chi connectivity index (χ0v) is 9.34. The van der Waals surface area contributed by atoms with Gasteiger partial charge >= 0.3 is 0 Å². The number of hydrogen-bond donors (Lipinski definition) is 2. The van der Waals surface area contributed by atoms with E-state index in [4.69, 9.17) is 10.5 Å². The van der Waals surface area contributed by atoms with E-state index in [1.54, 1.807) is 0 Å². The van der Waals surface area contributed by atoms with Gasteiger partial charge in [0.25, 0.3) is 0 Å². The molecule has 0 aromatic heterocycles. The van der Waals surface area contributed by atoms with E-state index in [0.717, 1.165) is 38.7 Å². The second-order valence-electron chi connectivity index (χ2n) is 5.09. The van der Waals surface area contributed by atoms with Gasteiger partial charge in [-0.3, -0.25) is 4.79 Å². The molecule has 0 radical (unpaired) electrons. The molecule has 1 heterocycles. The van der Waals surface area contributed by atoms with Crippen LogP contribution in [-0.2, 0) is 9.53 Å². The lowest BCUT2D eigenvalue weighted by Crippen LogP contribution is -2.60. The Kier molecular flexibility index (Phi) is 2.73. The molecule has 0 aromatic carbocycles. The lowest BCUT2D eigenvalue weighted by Gasteiger charge is -2.37. The number of nitrogens with one attached hydrogen (secondary N) is 1. The van der Waals surface area contributed by atoms with Gasteiger partial charge in [0, 0.05) is 13.2 Å². The van der Waals surface area contributed by atoms with Crippen molar-refractivity contribution in [1.29, 1.82) is 0 Å². The summed E-state index contributed by atoms with van der Waals surface area (Å²) in [4.78, 5) is 11.8. The van der Waals surface area contributed by atoms with Crippen LogP contribution in [0.25, 0.3) is 0 Å². The van der Waals surface area contributed by atoms with Crippen molar-refractivity contribution in [3.63, 3.8) is 0 Å². The summed E-state index contributed by atoms with van der Waals surface area (Å²) in [5.41, 5.74) is 5.16. The predicted molar refractivity (Wildman–Crippen MR) is 57.4 cm³/mol. The van der Waals surface area contributed by atoms with Crippen LogP contribution in [0.1, 0.15) is 39.0 Å². The predicted octanol–water partition coefficient (Wildman–Crippen LogP) is 0.553. The van der Waals surface area contributed by atoms with Gasteiger partial charge in [0.2, 0.25) is 5.91 Å². The van der Waals surface area contributed by atoms with Crippen molar-refractivity contribution in [3.05, 3.63) is 0 Å². The van der Waals surface area contributed by atoms with Gasteiger partial charge in [-0.25, -0.2) is 0 Å². The molecule has 86 valence electrons. The van der Waals surface area contributed by atoms with Crippen LogP contribution >= 0.6 is 0 Å². The molecule has 1 aliphatic carbocycles. The Morgan fingerprint density at radius 1 is 1.40 bits per heavy atom. The molecule has 2 fully saturated rings. The van der Waals surface area contributed by atoms with Crippen molar-refractivity contribution in [2.75, 3.05) is 13.2 Å². The molecule has 2 rings (SSSR count). The fraction of sp³-hybridized carbons (Fsp3) is 0.909. The molecule has 0 spiro atoms. The third-order valence-electron chi connectivity index (χ3n) is 3.62. The smallest absolute Gasteiger partial charge is 0.240 e. The monoisotopic (exact) mass is 212 g/mol. The Hall–Kier alpha value is -0.610. The molecule has 1 aliphatic heterocycles. The second-order valence-corrected chi connectivity index (χ2v) is 5.09. The molecule has 0 aromatic rings. The zero-order valence-electron chi connectivity index (χ0n) is 9.34. The third kappa shape index (κ3) is 2.16. The molecule has 1 unspecified atom stereocenters. The standard InChI is InChI=1S/C11H20N2O2/c1-10(4-3-7-15-10)8-13-9(14)11(12)5-2-6-11/h2-8,12H2,1H3,(H,13,14). The van der Waals surface area contributed by atoms with Gasteiger partial charge in [-0.15, -0.1) is 0 Å². The number of hydrogen-bond acceptors (Lipinski definition) is 3. The van der Waals surface area contributed by atoms with Crippen molar-refractivity contribution in [2.45, 2.75) is 50.2 Å². The van der Waals surface area contributed by atoms with Gasteiger partial charge in [0.05, 0.1) is 11.1 Å². The molecule has 2 aliphatic rings. The van der Waals surface area contributed by atoms with Gasteiger partial charge in [-0.05, 0) is 39.0 Å². The first-order valence-corrected chi connectivity index (χ1v) is 5.75. The number of carbonyl (C=O) groups excluding carboxylic acids is 1. The summed E-state index contributed by atoms with van der Waals surface area (Å²) < 4.78 is 5.60. The van der Waals surface area contributed by atoms with E-state index >= 15 is 0 Å². The van der Waals surface area contributed by atoms with Crippen LogP contribution in [0.2, 0.25) is 0 Å². The highest BCUT2D eigenvalue weighted by Gasteiger charge is 2.41. The van der Waals surface area contributed by atoms with E-state index in [1.165, 1.54) is 0 Å². The minimum absolute atomic E-state index is 0.00882. The van der Waals surface area contributed by atoms with Crippen LogP contribution in [0.5, 0.6) is 0 Å². The number of rotatable bonds is 3. The van der Waals surface area contributed by atoms with Crippen molar-refractivity contribution >= 4 is 5.91 Å². The molecule has 4 nitrogen and oxygen atoms in total. The van der Waals surface area contributed by atoms with E-state index in [2.05, 4.69) is 5.32 Å². The quantitative estimate of drug-likeness (QED) is 0.718. The van der Waals surface area contributed by atoms with Crippen LogP contribution in [0, 0.1) is 0 Å². The number of nitrogens with two attached hydrogens (primary N) is 1. The fourth-order valence-corrected chi connectivity index (χ4v) is 2.20. The summed E-state index contributed by atoms with van der Waals surface area (Å²) in [6.45, 7) is 3.44. The summed E-state index contributed by atoms with van der Waals surface area (Å²) in [6.07, 6.45) is 4.80. The first-order valence-electron chi connectivity index (χ1n) is 5.75. The Balaban J connectivity index is 1.80. The van der Waals surface area contributed by atoms with Crippen molar-refractivity contribution in [1.82, 2.24) is 5.32 Å². The van der Waals surface area contributed by atoms with Crippen LogP contribution < -0.4 is 11.1 Å². The van der Waals surface area contributed by atoms with Crippen LogP contribution in [-0.4, -0.2) is 30.2 Å². The van der Waals surface area contributed by atoms with E-state index in [-0.39, 0.29) is 11.5 Å². The minimum atomic E-state index is -0.588. The maximum atomic E-state index is 11.8. The second kappa shape index (κ2) is 3.76. The summed E-state index contributed by atoms with van der Waals surface area (Å²) in [7, 11) is 0. The molecule has 1 saturated carbocycles. The molecule has 1 saturated heterocycles. The average Bonchev–Trinajstić information content (AvgIpc) is 2.58. The Labute approximate surface area is 90.5 Å². The first-order chi connectivity index (χ1) is 7.04. The lowest BCUT2D eigenvalue weighted by atomic mass is 9.77. The lowest BCUT2D eigenvalue weighted by molar-refractivity contribution is -0.130. The van der Waals surface area contributed by atoms with Crippen molar-refractivity contribution in [2.24, 2.45) is 5.73 Å². The third-order valence-corrected chi connectivity index (χ3v) is 3.62. The van der Waals surface area contributed by atoms with Crippen molar-refractivity contribution < 1.29 is 9.53 Å². The normalized spacial score (nSPS) is 33.5. The Bertz CT molecular complexity index is 255. The largest absolute Gasteiger partial charge is 0.373 e. The molecule has 3 N–H and O–H groups in total. The highest BCUT2D eigenvalue weighted by Crippen LogP contribution is 2.30. The summed E-state index contributed by atoms with van der Waals surface area (Å²) >= 11 is 0. The number of carbonyl (C=O) groups is 1. The molecular formula is C11H20N2O2. The highest BCUT2D eigenvalue weighted by atomic mass is 16.5.